The van der Waals surface area contributed by atoms with Crippen molar-refractivity contribution in [2.45, 2.75) is 6.92 Å². The third-order valence-electron chi connectivity index (χ3n) is 1.57. The van der Waals surface area contributed by atoms with Gasteiger partial charge in [0.25, 0.3) is 0 Å². The largest absolute Gasteiger partial charge is 0.298 e. The summed E-state index contributed by atoms with van der Waals surface area (Å²) in [6, 6.07) is 3.11. The molecule has 0 aliphatic rings. The van der Waals surface area contributed by atoms with E-state index in [2.05, 4.69) is 0 Å². The molecule has 0 aliphatic carbocycles. The van der Waals surface area contributed by atoms with Crippen LogP contribution in [0.3, 0.4) is 0 Å². The highest BCUT2D eigenvalue weighted by Gasteiger charge is 2.04. The fourth-order valence-corrected chi connectivity index (χ4v) is 1.13. The molecular weight excluding hydrogens is 176 g/mol. The molecule has 1 aromatic carbocycles. The standard InChI is InChI=1S/C9H7ClO2/c1-6-2-7(4-11)3-8(5-12)9(6)10/h2-5H,1H3. The van der Waals surface area contributed by atoms with Crippen molar-refractivity contribution in [2.75, 3.05) is 0 Å². The predicted molar refractivity (Wildman–Crippen MR) is 47.0 cm³/mol. The van der Waals surface area contributed by atoms with Crippen LogP contribution >= 0.6 is 11.6 Å². The molecule has 1 aromatic rings. The summed E-state index contributed by atoms with van der Waals surface area (Å²) in [4.78, 5) is 20.8. The molecule has 0 radical (unpaired) electrons. The zero-order valence-electron chi connectivity index (χ0n) is 6.50. The molecule has 0 aliphatic heterocycles. The van der Waals surface area contributed by atoms with E-state index in [9.17, 15) is 9.59 Å². The molecule has 0 bridgehead atoms. The predicted octanol–water partition coefficient (Wildman–Crippen LogP) is 2.27. The number of hydrogen-bond acceptors (Lipinski definition) is 2. The minimum absolute atomic E-state index is 0.360. The van der Waals surface area contributed by atoms with Gasteiger partial charge in [-0.25, -0.2) is 0 Å². The summed E-state index contributed by atoms with van der Waals surface area (Å²) in [7, 11) is 0. The Morgan fingerprint density at radius 3 is 2.42 bits per heavy atom. The molecule has 3 heteroatoms. The molecule has 0 unspecified atom stereocenters. The minimum atomic E-state index is 0.360. The lowest BCUT2D eigenvalue weighted by atomic mass is 10.1. The molecular formula is C9H7ClO2. The van der Waals surface area contributed by atoms with Crippen molar-refractivity contribution in [1.29, 1.82) is 0 Å². The van der Waals surface area contributed by atoms with Gasteiger partial charge in [-0.2, -0.15) is 0 Å². The number of carbonyl (C=O) groups excluding carboxylic acids is 2. The Morgan fingerprint density at radius 1 is 1.25 bits per heavy atom. The number of benzene rings is 1. The van der Waals surface area contributed by atoms with E-state index in [1.165, 1.54) is 6.07 Å². The summed E-state index contributed by atoms with van der Waals surface area (Å²) in [6.07, 6.45) is 1.33. The van der Waals surface area contributed by atoms with Crippen LogP contribution in [0.25, 0.3) is 0 Å². The molecule has 2 nitrogen and oxygen atoms in total. The number of halogens is 1. The smallest absolute Gasteiger partial charge is 0.151 e. The van der Waals surface area contributed by atoms with E-state index in [1.54, 1.807) is 13.0 Å². The number of aldehydes is 2. The summed E-state index contributed by atoms with van der Waals surface area (Å²) in [5, 5.41) is 0.413. The Morgan fingerprint density at radius 2 is 1.92 bits per heavy atom. The quantitative estimate of drug-likeness (QED) is 0.658. The second-order valence-electron chi connectivity index (χ2n) is 2.48. The van der Waals surface area contributed by atoms with Gasteiger partial charge >= 0.3 is 0 Å². The van der Waals surface area contributed by atoms with Gasteiger partial charge in [-0.05, 0) is 24.6 Å². The second-order valence-corrected chi connectivity index (χ2v) is 2.85. The van der Waals surface area contributed by atoms with Crippen molar-refractivity contribution in [2.24, 2.45) is 0 Å². The van der Waals surface area contributed by atoms with Crippen molar-refractivity contribution in [3.8, 4) is 0 Å². The third-order valence-corrected chi connectivity index (χ3v) is 2.08. The first-order chi connectivity index (χ1) is 5.69. The van der Waals surface area contributed by atoms with E-state index in [0.29, 0.717) is 28.7 Å². The van der Waals surface area contributed by atoms with Crippen molar-refractivity contribution < 1.29 is 9.59 Å². The van der Waals surface area contributed by atoms with Gasteiger partial charge in [0.2, 0.25) is 0 Å². The number of rotatable bonds is 2. The van der Waals surface area contributed by atoms with Crippen LogP contribution in [0.1, 0.15) is 26.3 Å². The van der Waals surface area contributed by atoms with Gasteiger partial charge in [0, 0.05) is 11.1 Å². The van der Waals surface area contributed by atoms with Crippen LogP contribution in [0.2, 0.25) is 5.02 Å². The van der Waals surface area contributed by atoms with Gasteiger partial charge in [0.05, 0.1) is 5.02 Å². The van der Waals surface area contributed by atoms with Crippen molar-refractivity contribution in [1.82, 2.24) is 0 Å². The van der Waals surface area contributed by atoms with Crippen LogP contribution in [-0.4, -0.2) is 12.6 Å². The molecule has 62 valence electrons. The van der Waals surface area contributed by atoms with Gasteiger partial charge in [0.1, 0.15) is 6.29 Å². The van der Waals surface area contributed by atoms with Gasteiger partial charge < -0.3 is 0 Å². The Hall–Kier alpha value is -1.15. The average molecular weight is 183 g/mol. The first-order valence-corrected chi connectivity index (χ1v) is 3.77. The van der Waals surface area contributed by atoms with E-state index < -0.39 is 0 Å². The Bertz CT molecular complexity index is 332. The van der Waals surface area contributed by atoms with Gasteiger partial charge in [-0.3, -0.25) is 9.59 Å². The fourth-order valence-electron chi connectivity index (χ4n) is 0.979. The minimum Gasteiger partial charge on any atom is -0.298 e. The highest BCUT2D eigenvalue weighted by atomic mass is 35.5. The lowest BCUT2D eigenvalue weighted by Crippen LogP contribution is -1.90. The molecule has 0 heterocycles. The van der Waals surface area contributed by atoms with Crippen molar-refractivity contribution >= 4 is 24.2 Å². The average Bonchev–Trinajstić information content (AvgIpc) is 2.09. The number of hydrogen-bond donors (Lipinski definition) is 0. The summed E-state index contributed by atoms with van der Waals surface area (Å²) in [5.74, 6) is 0. The van der Waals surface area contributed by atoms with Crippen LogP contribution < -0.4 is 0 Å². The highest BCUT2D eigenvalue weighted by molar-refractivity contribution is 6.33. The maximum absolute atomic E-state index is 10.4. The SMILES string of the molecule is Cc1cc(C=O)cc(C=O)c1Cl. The molecule has 1 rings (SSSR count). The molecule has 12 heavy (non-hydrogen) atoms. The third kappa shape index (κ3) is 1.53. The van der Waals surface area contributed by atoms with Crippen LogP contribution in [0, 0.1) is 6.92 Å². The fraction of sp³-hybridized carbons (Fsp3) is 0.111. The second kappa shape index (κ2) is 3.50. The molecule has 0 fully saturated rings. The van der Waals surface area contributed by atoms with Crippen LogP contribution in [-0.2, 0) is 0 Å². The van der Waals surface area contributed by atoms with Gasteiger partial charge in [0.15, 0.2) is 6.29 Å². The van der Waals surface area contributed by atoms with Crippen LogP contribution in [0.5, 0.6) is 0 Å². The van der Waals surface area contributed by atoms with E-state index in [0.717, 1.165) is 5.56 Å². The first kappa shape index (κ1) is 8.94. The topological polar surface area (TPSA) is 34.1 Å². The normalized spacial score (nSPS) is 9.50. The van der Waals surface area contributed by atoms with E-state index in [-0.39, 0.29) is 0 Å². The van der Waals surface area contributed by atoms with Gasteiger partial charge in [-0.1, -0.05) is 11.6 Å². The molecule has 0 amide bonds. The zero-order valence-corrected chi connectivity index (χ0v) is 7.26. The summed E-state index contributed by atoms with van der Waals surface area (Å²) >= 11 is 5.78. The Balaban J connectivity index is 3.37. The van der Waals surface area contributed by atoms with E-state index >= 15 is 0 Å². The highest BCUT2D eigenvalue weighted by Crippen LogP contribution is 2.20. The van der Waals surface area contributed by atoms with Crippen LogP contribution in [0.15, 0.2) is 12.1 Å². The van der Waals surface area contributed by atoms with E-state index in [1.807, 2.05) is 0 Å². The summed E-state index contributed by atoms with van der Waals surface area (Å²) < 4.78 is 0. The summed E-state index contributed by atoms with van der Waals surface area (Å²) in [6.45, 7) is 1.75. The first-order valence-electron chi connectivity index (χ1n) is 3.39. The van der Waals surface area contributed by atoms with Crippen LogP contribution in [0.4, 0.5) is 0 Å². The molecule has 0 aromatic heterocycles. The number of aryl methyl sites for hydroxylation is 1. The van der Waals surface area contributed by atoms with Crippen molar-refractivity contribution in [3.05, 3.63) is 33.8 Å². The summed E-state index contributed by atoms with van der Waals surface area (Å²) in [5.41, 5.74) is 1.57. The lowest BCUT2D eigenvalue weighted by Gasteiger charge is -2.01. The van der Waals surface area contributed by atoms with E-state index in [4.69, 9.17) is 11.6 Å². The number of carbonyl (C=O) groups is 2. The maximum Gasteiger partial charge on any atom is 0.151 e. The molecule has 0 N–H and O–H groups in total. The maximum atomic E-state index is 10.4. The molecule has 0 saturated heterocycles. The lowest BCUT2D eigenvalue weighted by molar-refractivity contribution is 0.112. The van der Waals surface area contributed by atoms with Crippen molar-refractivity contribution in [3.63, 3.8) is 0 Å². The van der Waals surface area contributed by atoms with Gasteiger partial charge in [-0.15, -0.1) is 0 Å². The molecule has 0 saturated carbocycles. The molecule has 0 spiro atoms. The molecule has 0 atom stereocenters. The Labute approximate surface area is 75.2 Å². The monoisotopic (exact) mass is 182 g/mol. The zero-order chi connectivity index (χ0) is 9.14. The Kier molecular flexibility index (Phi) is 2.61.